The summed E-state index contributed by atoms with van der Waals surface area (Å²) in [4.78, 5) is 8.26. The molecule has 100 valence electrons. The lowest BCUT2D eigenvalue weighted by Crippen LogP contribution is -2.06. The van der Waals surface area contributed by atoms with Crippen molar-refractivity contribution in [1.82, 2.24) is 19.7 Å². The van der Waals surface area contributed by atoms with E-state index in [1.807, 2.05) is 36.4 Å². The SMILES string of the molecule is Clc1cccc(CNc2cccnc2-n2cncn2)c1. The van der Waals surface area contributed by atoms with E-state index in [1.165, 1.54) is 6.33 Å². The Balaban J connectivity index is 1.81. The van der Waals surface area contributed by atoms with Crippen LogP contribution in [0.4, 0.5) is 5.69 Å². The average Bonchev–Trinajstić information content (AvgIpc) is 3.00. The monoisotopic (exact) mass is 285 g/mol. The zero-order valence-corrected chi connectivity index (χ0v) is 11.3. The van der Waals surface area contributed by atoms with Gasteiger partial charge < -0.3 is 5.32 Å². The molecule has 0 aliphatic heterocycles. The summed E-state index contributed by atoms with van der Waals surface area (Å²) in [5.74, 6) is 0.715. The van der Waals surface area contributed by atoms with E-state index >= 15 is 0 Å². The van der Waals surface area contributed by atoms with Crippen LogP contribution < -0.4 is 5.32 Å². The highest BCUT2D eigenvalue weighted by Gasteiger charge is 2.06. The summed E-state index contributed by atoms with van der Waals surface area (Å²) >= 11 is 5.98. The van der Waals surface area contributed by atoms with Crippen molar-refractivity contribution in [2.45, 2.75) is 6.54 Å². The first kappa shape index (κ1) is 12.6. The molecule has 0 aliphatic rings. The predicted octanol–water partition coefficient (Wildman–Crippen LogP) is 2.93. The van der Waals surface area contributed by atoms with E-state index in [0.29, 0.717) is 12.4 Å². The number of anilines is 1. The fourth-order valence-corrected chi connectivity index (χ4v) is 2.09. The average molecular weight is 286 g/mol. The Hall–Kier alpha value is -2.40. The number of nitrogens with zero attached hydrogens (tertiary/aromatic N) is 4. The summed E-state index contributed by atoms with van der Waals surface area (Å²) in [6, 6.07) is 11.6. The standard InChI is InChI=1S/C14H12ClN5/c15-12-4-1-3-11(7-12)8-18-13-5-2-6-17-14(13)20-10-16-9-19-20/h1-7,9-10,18H,8H2. The molecule has 20 heavy (non-hydrogen) atoms. The minimum atomic E-state index is 0.661. The summed E-state index contributed by atoms with van der Waals surface area (Å²) < 4.78 is 1.63. The van der Waals surface area contributed by atoms with Gasteiger partial charge in [-0.25, -0.2) is 14.6 Å². The summed E-state index contributed by atoms with van der Waals surface area (Å²) in [5.41, 5.74) is 1.99. The van der Waals surface area contributed by atoms with Crippen molar-refractivity contribution in [3.63, 3.8) is 0 Å². The number of benzene rings is 1. The second-order valence-corrected chi connectivity index (χ2v) is 4.63. The van der Waals surface area contributed by atoms with E-state index < -0.39 is 0 Å². The van der Waals surface area contributed by atoms with Gasteiger partial charge in [0.15, 0.2) is 5.82 Å². The third kappa shape index (κ3) is 2.78. The lowest BCUT2D eigenvalue weighted by Gasteiger charge is -2.10. The molecule has 2 heterocycles. The molecule has 1 N–H and O–H groups in total. The predicted molar refractivity (Wildman–Crippen MR) is 77.9 cm³/mol. The summed E-state index contributed by atoms with van der Waals surface area (Å²) in [6.07, 6.45) is 4.82. The van der Waals surface area contributed by atoms with Crippen molar-refractivity contribution < 1.29 is 0 Å². The van der Waals surface area contributed by atoms with Gasteiger partial charge >= 0.3 is 0 Å². The summed E-state index contributed by atoms with van der Waals surface area (Å²) in [5, 5.41) is 8.16. The van der Waals surface area contributed by atoms with E-state index in [9.17, 15) is 0 Å². The third-order valence-electron chi connectivity index (χ3n) is 2.79. The Morgan fingerprint density at radius 2 is 2.15 bits per heavy atom. The molecule has 0 saturated carbocycles. The lowest BCUT2D eigenvalue weighted by molar-refractivity contribution is 0.844. The molecule has 5 nitrogen and oxygen atoms in total. The van der Waals surface area contributed by atoms with Crippen molar-refractivity contribution in [1.29, 1.82) is 0 Å². The molecule has 1 aromatic carbocycles. The van der Waals surface area contributed by atoms with Crippen LogP contribution in [-0.2, 0) is 6.54 Å². The van der Waals surface area contributed by atoms with Gasteiger partial charge in [0.2, 0.25) is 0 Å². The fourth-order valence-electron chi connectivity index (χ4n) is 1.88. The summed E-state index contributed by atoms with van der Waals surface area (Å²) in [6.45, 7) is 0.661. The van der Waals surface area contributed by atoms with Gasteiger partial charge in [-0.1, -0.05) is 23.7 Å². The first-order chi connectivity index (χ1) is 9.83. The molecular weight excluding hydrogens is 274 g/mol. The minimum absolute atomic E-state index is 0.661. The van der Waals surface area contributed by atoms with Crippen LogP contribution in [0.3, 0.4) is 0 Å². The van der Waals surface area contributed by atoms with Crippen LogP contribution in [0.25, 0.3) is 5.82 Å². The van der Waals surface area contributed by atoms with Crippen molar-refractivity contribution in [3.05, 3.63) is 65.8 Å². The molecule has 0 amide bonds. The van der Waals surface area contributed by atoms with Crippen LogP contribution in [0.1, 0.15) is 5.56 Å². The Labute approximate surface area is 121 Å². The molecule has 0 atom stereocenters. The largest absolute Gasteiger partial charge is 0.378 e. The van der Waals surface area contributed by atoms with Gasteiger partial charge in [0, 0.05) is 17.8 Å². The van der Waals surface area contributed by atoms with Gasteiger partial charge in [0.1, 0.15) is 12.7 Å². The van der Waals surface area contributed by atoms with Gasteiger partial charge in [-0.2, -0.15) is 5.10 Å². The van der Waals surface area contributed by atoms with Gasteiger partial charge in [-0.05, 0) is 29.8 Å². The number of nitrogens with one attached hydrogen (secondary N) is 1. The third-order valence-corrected chi connectivity index (χ3v) is 3.03. The molecule has 2 aromatic heterocycles. The van der Waals surface area contributed by atoms with Crippen LogP contribution in [0, 0.1) is 0 Å². The molecule has 0 bridgehead atoms. The maximum atomic E-state index is 5.98. The number of pyridine rings is 1. The van der Waals surface area contributed by atoms with Gasteiger partial charge in [-0.15, -0.1) is 0 Å². The van der Waals surface area contributed by atoms with Crippen molar-refractivity contribution >= 4 is 17.3 Å². The second kappa shape index (κ2) is 5.71. The van der Waals surface area contributed by atoms with Gasteiger partial charge in [-0.3, -0.25) is 0 Å². The topological polar surface area (TPSA) is 55.6 Å². The highest BCUT2D eigenvalue weighted by atomic mass is 35.5. The first-order valence-corrected chi connectivity index (χ1v) is 6.49. The quantitative estimate of drug-likeness (QED) is 0.801. The molecule has 0 spiro atoms. The van der Waals surface area contributed by atoms with Crippen LogP contribution in [0.15, 0.2) is 55.2 Å². The zero-order valence-electron chi connectivity index (χ0n) is 10.6. The molecule has 0 unspecified atom stereocenters. The molecule has 3 aromatic rings. The highest BCUT2D eigenvalue weighted by Crippen LogP contribution is 2.18. The van der Waals surface area contributed by atoms with Crippen LogP contribution in [-0.4, -0.2) is 19.7 Å². The lowest BCUT2D eigenvalue weighted by atomic mass is 10.2. The van der Waals surface area contributed by atoms with E-state index in [1.54, 1.807) is 17.2 Å². The van der Waals surface area contributed by atoms with Crippen LogP contribution in [0.5, 0.6) is 0 Å². The maximum Gasteiger partial charge on any atom is 0.178 e. The van der Waals surface area contributed by atoms with Gasteiger partial charge in [0.05, 0.1) is 5.69 Å². The number of rotatable bonds is 4. The van der Waals surface area contributed by atoms with Crippen molar-refractivity contribution in [2.24, 2.45) is 0 Å². The molecule has 0 fully saturated rings. The maximum absolute atomic E-state index is 5.98. The van der Waals surface area contributed by atoms with E-state index in [0.717, 1.165) is 16.3 Å². The molecular formula is C14H12ClN5. The van der Waals surface area contributed by atoms with Gasteiger partial charge in [0.25, 0.3) is 0 Å². The normalized spacial score (nSPS) is 10.4. The second-order valence-electron chi connectivity index (χ2n) is 4.20. The molecule has 0 radical (unpaired) electrons. The molecule has 3 rings (SSSR count). The summed E-state index contributed by atoms with van der Waals surface area (Å²) in [7, 11) is 0. The Bertz CT molecular complexity index is 696. The smallest absolute Gasteiger partial charge is 0.178 e. The van der Waals surface area contributed by atoms with E-state index in [-0.39, 0.29) is 0 Å². The molecule has 6 heteroatoms. The number of halogens is 1. The first-order valence-electron chi connectivity index (χ1n) is 6.11. The number of hydrogen-bond donors (Lipinski definition) is 1. The minimum Gasteiger partial charge on any atom is -0.378 e. The van der Waals surface area contributed by atoms with Crippen molar-refractivity contribution in [3.8, 4) is 5.82 Å². The Kier molecular flexibility index (Phi) is 3.60. The number of aromatic nitrogens is 4. The molecule has 0 aliphatic carbocycles. The van der Waals surface area contributed by atoms with E-state index in [2.05, 4.69) is 20.4 Å². The zero-order chi connectivity index (χ0) is 13.8. The number of hydrogen-bond acceptors (Lipinski definition) is 4. The van der Waals surface area contributed by atoms with Crippen LogP contribution >= 0.6 is 11.6 Å². The Morgan fingerprint density at radius 3 is 2.95 bits per heavy atom. The fraction of sp³-hybridized carbons (Fsp3) is 0.0714. The molecule has 0 saturated heterocycles. The van der Waals surface area contributed by atoms with E-state index in [4.69, 9.17) is 11.6 Å². The van der Waals surface area contributed by atoms with Crippen molar-refractivity contribution in [2.75, 3.05) is 5.32 Å². The van der Waals surface area contributed by atoms with Crippen LogP contribution in [0.2, 0.25) is 5.02 Å². The highest BCUT2D eigenvalue weighted by molar-refractivity contribution is 6.30. The Morgan fingerprint density at radius 1 is 1.20 bits per heavy atom.